The fourth-order valence-electron chi connectivity index (χ4n) is 1.26. The first-order valence-electron chi connectivity index (χ1n) is 4.71. The monoisotopic (exact) mass is 349 g/mol. The molecule has 0 aliphatic heterocycles. The number of anilines is 1. The second-order valence-corrected chi connectivity index (χ2v) is 4.43. The van der Waals surface area contributed by atoms with E-state index in [0.717, 1.165) is 0 Å². The molecular weight excluding hydrogens is 344 g/mol. The van der Waals surface area contributed by atoms with Gasteiger partial charge >= 0.3 is 12.4 Å². The summed E-state index contributed by atoms with van der Waals surface area (Å²) in [6.07, 6.45) is -11.4. The minimum atomic E-state index is -5.70. The number of carbonyl (C=O) groups excluding carboxylic acids is 1. The van der Waals surface area contributed by atoms with Gasteiger partial charge in [0.05, 0.1) is 0 Å². The van der Waals surface area contributed by atoms with Crippen LogP contribution in [-0.4, -0.2) is 18.3 Å². The maximum Gasteiger partial charge on any atom is 0.409 e. The summed E-state index contributed by atoms with van der Waals surface area (Å²) in [6.45, 7) is 0. The molecular formula is C10H6BrF6NO. The van der Waals surface area contributed by atoms with Crippen molar-refractivity contribution in [1.82, 2.24) is 0 Å². The Morgan fingerprint density at radius 2 is 1.63 bits per heavy atom. The zero-order chi connectivity index (χ0) is 14.8. The number of rotatable bonds is 2. The Bertz CT molecular complexity index is 456. The summed E-state index contributed by atoms with van der Waals surface area (Å²) < 4.78 is 74.0. The van der Waals surface area contributed by atoms with E-state index in [2.05, 4.69) is 15.9 Å². The van der Waals surface area contributed by atoms with Crippen LogP contribution in [0.25, 0.3) is 0 Å². The lowest BCUT2D eigenvalue weighted by Crippen LogP contribution is -2.45. The first kappa shape index (κ1) is 15.8. The average molecular weight is 350 g/mol. The molecule has 0 aliphatic rings. The van der Waals surface area contributed by atoms with Crippen LogP contribution in [0.1, 0.15) is 0 Å². The van der Waals surface area contributed by atoms with Crippen molar-refractivity contribution in [2.45, 2.75) is 12.4 Å². The van der Waals surface area contributed by atoms with Gasteiger partial charge < -0.3 is 5.32 Å². The van der Waals surface area contributed by atoms with Crippen LogP contribution in [0, 0.1) is 5.92 Å². The van der Waals surface area contributed by atoms with Gasteiger partial charge in [0.25, 0.3) is 0 Å². The highest BCUT2D eigenvalue weighted by Crippen LogP contribution is 2.39. The third-order valence-corrected chi connectivity index (χ3v) is 2.50. The van der Waals surface area contributed by atoms with Crippen LogP contribution in [0.15, 0.2) is 28.7 Å². The van der Waals surface area contributed by atoms with Crippen LogP contribution in [0.2, 0.25) is 0 Å². The molecule has 0 saturated carbocycles. The van der Waals surface area contributed by atoms with E-state index < -0.39 is 24.2 Å². The quantitative estimate of drug-likeness (QED) is 0.799. The lowest BCUT2D eigenvalue weighted by atomic mass is 10.1. The Morgan fingerprint density at radius 1 is 1.11 bits per heavy atom. The van der Waals surface area contributed by atoms with E-state index in [1.165, 1.54) is 24.3 Å². The molecule has 1 amide bonds. The van der Waals surface area contributed by atoms with Gasteiger partial charge in [-0.05, 0) is 18.2 Å². The van der Waals surface area contributed by atoms with Crippen LogP contribution < -0.4 is 5.32 Å². The van der Waals surface area contributed by atoms with E-state index in [1.54, 1.807) is 5.32 Å². The number of amides is 1. The van der Waals surface area contributed by atoms with Gasteiger partial charge in [0, 0.05) is 10.2 Å². The number of alkyl halides is 6. The molecule has 0 unspecified atom stereocenters. The summed E-state index contributed by atoms with van der Waals surface area (Å²) in [5, 5.41) is 1.59. The Kier molecular flexibility index (Phi) is 4.49. The third kappa shape index (κ3) is 4.41. The number of halogens is 7. The van der Waals surface area contributed by atoms with E-state index in [1.807, 2.05) is 0 Å². The summed E-state index contributed by atoms with van der Waals surface area (Å²) in [4.78, 5) is 11.2. The number of nitrogens with one attached hydrogen (secondary N) is 1. The normalized spacial score (nSPS) is 12.6. The van der Waals surface area contributed by atoms with Crippen molar-refractivity contribution >= 4 is 27.5 Å². The summed E-state index contributed by atoms with van der Waals surface area (Å²) in [6, 6.07) is 5.21. The largest absolute Gasteiger partial charge is 0.409 e. The Morgan fingerprint density at radius 3 is 2.05 bits per heavy atom. The minimum Gasteiger partial charge on any atom is -0.325 e. The van der Waals surface area contributed by atoms with Crippen LogP contribution in [0.3, 0.4) is 0 Å². The highest BCUT2D eigenvalue weighted by molar-refractivity contribution is 9.10. The van der Waals surface area contributed by atoms with Gasteiger partial charge in [0.2, 0.25) is 11.8 Å². The van der Waals surface area contributed by atoms with Crippen LogP contribution >= 0.6 is 15.9 Å². The van der Waals surface area contributed by atoms with Crippen LogP contribution in [-0.2, 0) is 4.79 Å². The number of carbonyl (C=O) groups is 1. The van der Waals surface area contributed by atoms with E-state index in [-0.39, 0.29) is 5.69 Å². The van der Waals surface area contributed by atoms with E-state index in [9.17, 15) is 31.1 Å². The molecule has 9 heteroatoms. The standard InChI is InChI=1S/C10H6BrF6NO/c11-5-2-1-3-6(4-5)18-8(19)7(9(12,13)14)10(15,16)17/h1-4,7H,(H,18,19). The maximum atomic E-state index is 12.3. The van der Waals surface area contributed by atoms with Crippen molar-refractivity contribution in [2.24, 2.45) is 5.92 Å². The van der Waals surface area contributed by atoms with Crippen LogP contribution in [0.5, 0.6) is 0 Å². The van der Waals surface area contributed by atoms with Gasteiger partial charge in [0.15, 0.2) is 0 Å². The SMILES string of the molecule is O=C(Nc1cccc(Br)c1)C(C(F)(F)F)C(F)(F)F. The summed E-state index contributed by atoms with van der Waals surface area (Å²) in [5.41, 5.74) is -0.169. The molecule has 0 radical (unpaired) electrons. The third-order valence-electron chi connectivity index (χ3n) is 2.01. The highest BCUT2D eigenvalue weighted by Gasteiger charge is 2.61. The molecule has 0 atom stereocenters. The lowest BCUT2D eigenvalue weighted by molar-refractivity contribution is -0.272. The molecule has 1 rings (SSSR count). The van der Waals surface area contributed by atoms with Crippen molar-refractivity contribution < 1.29 is 31.1 Å². The molecule has 0 spiro atoms. The molecule has 19 heavy (non-hydrogen) atoms. The molecule has 2 nitrogen and oxygen atoms in total. The predicted octanol–water partition coefficient (Wildman–Crippen LogP) is 4.13. The Labute approximate surface area is 111 Å². The Hall–Kier alpha value is -1.25. The summed E-state index contributed by atoms with van der Waals surface area (Å²) in [5.74, 6) is -6.22. The molecule has 1 aromatic rings. The van der Waals surface area contributed by atoms with Gasteiger partial charge in [-0.3, -0.25) is 4.79 Å². The molecule has 0 fully saturated rings. The fourth-order valence-corrected chi connectivity index (χ4v) is 1.66. The molecule has 1 aromatic carbocycles. The van der Waals surface area contributed by atoms with Gasteiger partial charge in [-0.2, -0.15) is 26.3 Å². The Balaban J connectivity index is 2.97. The smallest absolute Gasteiger partial charge is 0.325 e. The van der Waals surface area contributed by atoms with E-state index in [0.29, 0.717) is 4.47 Å². The topological polar surface area (TPSA) is 29.1 Å². The van der Waals surface area contributed by atoms with Crippen molar-refractivity contribution in [3.63, 3.8) is 0 Å². The van der Waals surface area contributed by atoms with Crippen LogP contribution in [0.4, 0.5) is 32.0 Å². The molecule has 1 N–H and O–H groups in total. The molecule has 106 valence electrons. The first-order valence-corrected chi connectivity index (χ1v) is 5.51. The predicted molar refractivity (Wildman–Crippen MR) is 58.4 cm³/mol. The lowest BCUT2D eigenvalue weighted by Gasteiger charge is -2.22. The molecule has 0 aromatic heterocycles. The van der Waals surface area contributed by atoms with Gasteiger partial charge in [-0.1, -0.05) is 22.0 Å². The van der Waals surface area contributed by atoms with Gasteiger partial charge in [-0.15, -0.1) is 0 Å². The first-order chi connectivity index (χ1) is 8.51. The van der Waals surface area contributed by atoms with Gasteiger partial charge in [-0.25, -0.2) is 0 Å². The second kappa shape index (κ2) is 5.40. The fraction of sp³-hybridized carbons (Fsp3) is 0.300. The number of benzene rings is 1. The van der Waals surface area contributed by atoms with E-state index >= 15 is 0 Å². The van der Waals surface area contributed by atoms with Crippen molar-refractivity contribution in [3.05, 3.63) is 28.7 Å². The molecule has 0 saturated heterocycles. The molecule has 0 bridgehead atoms. The number of hydrogen-bond acceptors (Lipinski definition) is 1. The maximum absolute atomic E-state index is 12.3. The zero-order valence-corrected chi connectivity index (χ0v) is 10.5. The minimum absolute atomic E-state index is 0.169. The molecule has 0 heterocycles. The average Bonchev–Trinajstić information content (AvgIpc) is 2.11. The second-order valence-electron chi connectivity index (χ2n) is 3.52. The van der Waals surface area contributed by atoms with E-state index in [4.69, 9.17) is 0 Å². The van der Waals surface area contributed by atoms with Crippen molar-refractivity contribution in [1.29, 1.82) is 0 Å². The summed E-state index contributed by atoms with van der Waals surface area (Å²) in [7, 11) is 0. The van der Waals surface area contributed by atoms with Crippen molar-refractivity contribution in [3.8, 4) is 0 Å². The summed E-state index contributed by atoms with van der Waals surface area (Å²) >= 11 is 2.97. The zero-order valence-electron chi connectivity index (χ0n) is 8.94. The molecule has 0 aliphatic carbocycles. The van der Waals surface area contributed by atoms with Gasteiger partial charge in [0.1, 0.15) is 0 Å². The highest BCUT2D eigenvalue weighted by atomic mass is 79.9. The van der Waals surface area contributed by atoms with Crippen molar-refractivity contribution in [2.75, 3.05) is 5.32 Å². The number of hydrogen-bond donors (Lipinski definition) is 1.